The van der Waals surface area contributed by atoms with E-state index in [9.17, 15) is 19.6 Å². The van der Waals surface area contributed by atoms with Crippen LogP contribution < -0.4 is 15.4 Å². The quantitative estimate of drug-likeness (QED) is 0.492. The minimum absolute atomic E-state index is 0.0931. The van der Waals surface area contributed by atoms with Crippen LogP contribution in [0.4, 0.5) is 5.69 Å². The highest BCUT2D eigenvalue weighted by molar-refractivity contribution is 5.98. The van der Waals surface area contributed by atoms with Gasteiger partial charge in [0.15, 0.2) is 0 Å². The molecule has 1 aliphatic heterocycles. The smallest absolute Gasteiger partial charge is 0.327 e. The molecule has 2 aromatic rings. The first-order chi connectivity index (χ1) is 17.9. The van der Waals surface area contributed by atoms with E-state index in [0.29, 0.717) is 48.4 Å². The molecule has 2 fully saturated rings. The maximum Gasteiger partial charge on any atom is 0.327 e. The Kier molecular flexibility index (Phi) is 6.70. The molecular weight excluding hydrogens is 470 g/mol. The first-order valence-corrected chi connectivity index (χ1v) is 12.7. The van der Waals surface area contributed by atoms with Crippen molar-refractivity contribution in [3.8, 4) is 11.8 Å². The number of amides is 2. The van der Waals surface area contributed by atoms with Crippen LogP contribution in [0.2, 0.25) is 0 Å². The molecule has 1 spiro atoms. The summed E-state index contributed by atoms with van der Waals surface area (Å²) in [4.78, 5) is 37.2. The number of aliphatic carboxylic acids is 1. The Hall–Kier alpha value is -4.12. The van der Waals surface area contributed by atoms with E-state index in [1.807, 2.05) is 12.1 Å². The van der Waals surface area contributed by atoms with E-state index in [4.69, 9.17) is 9.84 Å². The summed E-state index contributed by atoms with van der Waals surface area (Å²) in [7, 11) is 0. The number of fused-ring (bicyclic) bond motifs is 2. The van der Waals surface area contributed by atoms with Crippen LogP contribution in [0.15, 0.2) is 48.6 Å². The molecule has 2 aromatic carbocycles. The summed E-state index contributed by atoms with van der Waals surface area (Å²) < 4.78 is 5.87. The van der Waals surface area contributed by atoms with Crippen molar-refractivity contribution in [1.29, 1.82) is 5.26 Å². The second kappa shape index (κ2) is 10.1. The topological polar surface area (TPSA) is 129 Å². The molecule has 0 radical (unpaired) electrons. The number of nitriles is 1. The van der Waals surface area contributed by atoms with E-state index in [-0.39, 0.29) is 23.8 Å². The lowest BCUT2D eigenvalue weighted by atomic mass is 9.86. The van der Waals surface area contributed by atoms with E-state index in [1.165, 1.54) is 6.08 Å². The molecule has 2 amide bonds. The third kappa shape index (κ3) is 5.08. The van der Waals surface area contributed by atoms with Gasteiger partial charge >= 0.3 is 5.97 Å². The van der Waals surface area contributed by atoms with E-state index >= 15 is 0 Å². The van der Waals surface area contributed by atoms with Crippen LogP contribution in [0, 0.1) is 17.2 Å². The number of carbonyl (C=O) groups excluding carboxylic acids is 2. The van der Waals surface area contributed by atoms with Crippen molar-refractivity contribution in [3.05, 3.63) is 70.8 Å². The molecule has 37 heavy (non-hydrogen) atoms. The minimum Gasteiger partial charge on any atom is -0.493 e. The number of hydrogen-bond acceptors (Lipinski definition) is 5. The first kappa shape index (κ1) is 24.6. The molecule has 0 unspecified atom stereocenters. The third-order valence-corrected chi connectivity index (χ3v) is 7.76. The zero-order valence-corrected chi connectivity index (χ0v) is 20.5. The summed E-state index contributed by atoms with van der Waals surface area (Å²) in [5.41, 5.74) is 2.71. The largest absolute Gasteiger partial charge is 0.493 e. The summed E-state index contributed by atoms with van der Waals surface area (Å²) in [5, 5.41) is 24.3. The van der Waals surface area contributed by atoms with Crippen LogP contribution in [0.25, 0.3) is 0 Å². The van der Waals surface area contributed by atoms with Crippen molar-refractivity contribution in [2.75, 3.05) is 11.9 Å². The number of hydrogen-bond donors (Lipinski definition) is 3. The van der Waals surface area contributed by atoms with Gasteiger partial charge < -0.3 is 20.5 Å². The van der Waals surface area contributed by atoms with Gasteiger partial charge in [-0.25, -0.2) is 4.79 Å². The molecule has 0 bridgehead atoms. The van der Waals surface area contributed by atoms with Crippen LogP contribution in [0.3, 0.4) is 0 Å². The Morgan fingerprint density at radius 3 is 2.73 bits per heavy atom. The van der Waals surface area contributed by atoms with E-state index in [0.717, 1.165) is 42.9 Å². The Morgan fingerprint density at radius 2 is 1.97 bits per heavy atom. The number of nitrogens with zero attached hydrogens (tertiary/aromatic N) is 1. The summed E-state index contributed by atoms with van der Waals surface area (Å²) in [6.45, 7) is 0.500. The van der Waals surface area contributed by atoms with Crippen molar-refractivity contribution < 1.29 is 24.2 Å². The monoisotopic (exact) mass is 499 g/mol. The number of carboxylic acids is 1. The fourth-order valence-corrected chi connectivity index (χ4v) is 5.67. The Bertz CT molecular complexity index is 1320. The standard InChI is InChI=1S/C29H29N3O5/c30-17-18-8-9-19(4-3-7-26(33)34)24(14-18)32-28(36)23-16-29(23)12-13-37-25-11-10-20(15-22(25)29)27(35)31-21-5-1-2-6-21/h3,7-11,14-15,21,23H,1-2,4-6,12-13,16H2,(H,31,35)(H,32,36)(H,33,34)/t23-,29-/m0/s1. The molecular formula is C29H29N3O5. The van der Waals surface area contributed by atoms with Crippen LogP contribution in [0.1, 0.15) is 65.6 Å². The molecule has 5 rings (SSSR count). The molecule has 0 aromatic heterocycles. The normalized spacial score (nSPS) is 22.2. The molecule has 1 heterocycles. The fourth-order valence-electron chi connectivity index (χ4n) is 5.67. The lowest BCUT2D eigenvalue weighted by Gasteiger charge is -2.27. The van der Waals surface area contributed by atoms with Gasteiger partial charge in [-0.05, 0) is 68.0 Å². The molecule has 8 nitrogen and oxygen atoms in total. The third-order valence-electron chi connectivity index (χ3n) is 7.76. The molecule has 3 aliphatic rings. The van der Waals surface area contributed by atoms with Crippen LogP contribution in [0.5, 0.6) is 5.75 Å². The SMILES string of the molecule is N#Cc1ccc(CC=CC(=O)O)c(NC(=O)[C@@H]2C[C@]23CCOc2ccc(C(=O)NC4CCCC4)cc23)c1. The Balaban J connectivity index is 1.35. The highest BCUT2D eigenvalue weighted by Gasteiger charge is 2.61. The van der Waals surface area contributed by atoms with Gasteiger partial charge in [-0.2, -0.15) is 5.26 Å². The van der Waals surface area contributed by atoms with Gasteiger partial charge in [0.2, 0.25) is 5.91 Å². The lowest BCUT2D eigenvalue weighted by molar-refractivity contribution is -0.131. The number of ether oxygens (including phenoxy) is 1. The number of anilines is 1. The average molecular weight is 500 g/mol. The van der Waals surface area contributed by atoms with Crippen LogP contribution in [-0.2, 0) is 21.4 Å². The van der Waals surface area contributed by atoms with Crippen molar-refractivity contribution in [3.63, 3.8) is 0 Å². The van der Waals surface area contributed by atoms with Crippen molar-refractivity contribution in [2.24, 2.45) is 5.92 Å². The van der Waals surface area contributed by atoms with Crippen molar-refractivity contribution in [2.45, 2.75) is 56.4 Å². The number of carbonyl (C=O) groups is 3. The maximum atomic E-state index is 13.4. The summed E-state index contributed by atoms with van der Waals surface area (Å²) in [6, 6.07) is 12.8. The van der Waals surface area contributed by atoms with E-state index < -0.39 is 11.4 Å². The fraction of sp³-hybridized carbons (Fsp3) is 0.379. The van der Waals surface area contributed by atoms with Gasteiger partial charge in [0.05, 0.1) is 18.2 Å². The Morgan fingerprint density at radius 1 is 1.16 bits per heavy atom. The first-order valence-electron chi connectivity index (χ1n) is 12.7. The van der Waals surface area contributed by atoms with Crippen molar-refractivity contribution >= 4 is 23.5 Å². The highest BCUT2D eigenvalue weighted by Crippen LogP contribution is 2.61. The van der Waals surface area contributed by atoms with Crippen LogP contribution >= 0.6 is 0 Å². The highest BCUT2D eigenvalue weighted by atomic mass is 16.5. The molecule has 2 aliphatic carbocycles. The summed E-state index contributed by atoms with van der Waals surface area (Å²) in [6.07, 6.45) is 8.48. The number of benzene rings is 2. The van der Waals surface area contributed by atoms with Gasteiger partial charge in [0.25, 0.3) is 5.91 Å². The van der Waals surface area contributed by atoms with Gasteiger partial charge in [-0.3, -0.25) is 9.59 Å². The average Bonchev–Trinajstić information content (AvgIpc) is 3.37. The minimum atomic E-state index is -1.05. The van der Waals surface area contributed by atoms with Gasteiger partial charge in [0, 0.05) is 40.3 Å². The zero-order valence-electron chi connectivity index (χ0n) is 20.5. The Labute approximate surface area is 215 Å². The molecule has 190 valence electrons. The number of rotatable bonds is 7. The molecule has 2 saturated carbocycles. The number of nitrogens with one attached hydrogen (secondary N) is 2. The zero-order chi connectivity index (χ0) is 26.0. The van der Waals surface area contributed by atoms with E-state index in [2.05, 4.69) is 16.7 Å². The second-order valence-electron chi connectivity index (χ2n) is 10.1. The summed E-state index contributed by atoms with van der Waals surface area (Å²) in [5.74, 6) is -0.883. The predicted molar refractivity (Wildman–Crippen MR) is 136 cm³/mol. The number of carboxylic acid groups (broad SMARTS) is 1. The van der Waals surface area contributed by atoms with Gasteiger partial charge in [0.1, 0.15) is 5.75 Å². The number of allylic oxidation sites excluding steroid dienone is 1. The predicted octanol–water partition coefficient (Wildman–Crippen LogP) is 4.09. The molecule has 2 atom stereocenters. The molecule has 0 saturated heterocycles. The second-order valence-corrected chi connectivity index (χ2v) is 10.1. The maximum absolute atomic E-state index is 13.4. The van der Waals surface area contributed by atoms with Gasteiger partial charge in [-0.15, -0.1) is 0 Å². The van der Waals surface area contributed by atoms with Crippen LogP contribution in [-0.4, -0.2) is 35.5 Å². The lowest BCUT2D eigenvalue weighted by Crippen LogP contribution is -2.33. The molecule has 8 heteroatoms. The van der Waals surface area contributed by atoms with E-state index in [1.54, 1.807) is 24.3 Å². The van der Waals surface area contributed by atoms with Crippen molar-refractivity contribution in [1.82, 2.24) is 5.32 Å². The van der Waals surface area contributed by atoms with Gasteiger partial charge in [-0.1, -0.05) is 25.0 Å². The summed E-state index contributed by atoms with van der Waals surface area (Å²) >= 11 is 0. The molecule has 3 N–H and O–H groups in total.